The second-order valence-electron chi connectivity index (χ2n) is 8.99. The molecule has 0 amide bonds. The van der Waals surface area contributed by atoms with E-state index in [-0.39, 0.29) is 11.6 Å². The van der Waals surface area contributed by atoms with Crippen LogP contribution >= 0.6 is 0 Å². The molecule has 0 aliphatic rings. The molecule has 1 atom stereocenters. The number of hydrogen-bond acceptors (Lipinski definition) is 8. The average Bonchev–Trinajstić information content (AvgIpc) is 3.62. The Morgan fingerprint density at radius 2 is 1.87 bits per heavy atom. The van der Waals surface area contributed by atoms with Crippen LogP contribution in [0.4, 0.5) is 0 Å². The van der Waals surface area contributed by atoms with E-state index in [4.69, 9.17) is 13.9 Å². The number of rotatable bonds is 11. The Balaban J connectivity index is 1.55. The topological polar surface area (TPSA) is 111 Å². The number of nitrogens with one attached hydrogen (secondary N) is 1. The SMILES string of the molecule is CC[C@H](c1nnnn1Cc1ccco1)N(Cc1ccccc1OC)Cc1cc2cc(OC)ccc2[nH]c1=O. The number of aromatic amines is 1. The minimum Gasteiger partial charge on any atom is -0.497 e. The van der Waals surface area contributed by atoms with Gasteiger partial charge < -0.3 is 18.9 Å². The van der Waals surface area contributed by atoms with Gasteiger partial charge in [0.1, 0.15) is 23.8 Å². The number of tetrazole rings is 1. The highest BCUT2D eigenvalue weighted by Gasteiger charge is 2.27. The number of ether oxygens (including phenoxy) is 2. The number of nitrogens with zero attached hydrogens (tertiary/aromatic N) is 5. The van der Waals surface area contributed by atoms with Crippen LogP contribution in [0.1, 0.15) is 42.1 Å². The summed E-state index contributed by atoms with van der Waals surface area (Å²) in [4.78, 5) is 18.4. The lowest BCUT2D eigenvalue weighted by molar-refractivity contribution is 0.159. The number of methoxy groups -OCH3 is 2. The third kappa shape index (κ3) is 5.30. The van der Waals surface area contributed by atoms with Gasteiger partial charge in [0.25, 0.3) is 5.56 Å². The highest BCUT2D eigenvalue weighted by molar-refractivity contribution is 5.80. The fourth-order valence-electron chi connectivity index (χ4n) is 4.74. The molecule has 3 aromatic heterocycles. The smallest absolute Gasteiger partial charge is 0.252 e. The minimum atomic E-state index is -0.190. The first-order valence-electron chi connectivity index (χ1n) is 12.4. The van der Waals surface area contributed by atoms with Crippen molar-refractivity contribution in [3.05, 3.63) is 100.0 Å². The zero-order valence-electron chi connectivity index (χ0n) is 21.6. The summed E-state index contributed by atoms with van der Waals surface area (Å²) >= 11 is 0. The normalized spacial score (nSPS) is 12.2. The number of para-hydroxylation sites is 1. The molecule has 0 spiro atoms. The molecule has 0 fully saturated rings. The predicted octanol–water partition coefficient (Wildman–Crippen LogP) is 4.33. The van der Waals surface area contributed by atoms with E-state index in [9.17, 15) is 4.79 Å². The Morgan fingerprint density at radius 1 is 1.03 bits per heavy atom. The highest BCUT2D eigenvalue weighted by atomic mass is 16.5. The lowest BCUT2D eigenvalue weighted by Crippen LogP contribution is -2.32. The number of hydrogen-bond donors (Lipinski definition) is 1. The van der Waals surface area contributed by atoms with E-state index >= 15 is 0 Å². The van der Waals surface area contributed by atoms with Crippen LogP contribution in [-0.2, 0) is 19.6 Å². The lowest BCUT2D eigenvalue weighted by Gasteiger charge is -2.30. The maximum Gasteiger partial charge on any atom is 0.252 e. The highest BCUT2D eigenvalue weighted by Crippen LogP contribution is 2.29. The summed E-state index contributed by atoms with van der Waals surface area (Å²) in [5.41, 5.74) is 2.24. The molecule has 5 rings (SSSR count). The Hall–Kier alpha value is -4.44. The summed E-state index contributed by atoms with van der Waals surface area (Å²) in [6.07, 6.45) is 2.35. The van der Waals surface area contributed by atoms with Gasteiger partial charge in [-0.1, -0.05) is 25.1 Å². The standard InChI is InChI=1S/C28H30N6O4/c1-4-25(27-30-31-32-34(27)18-23-9-7-13-38-23)33(16-19-8-5-6-10-26(19)37-3)17-21-14-20-15-22(36-2)11-12-24(20)29-28(21)35/h5-15,25H,4,16-18H2,1-3H3,(H,29,35)/t25-/m1/s1. The van der Waals surface area contributed by atoms with Gasteiger partial charge in [0, 0.05) is 35.1 Å². The summed E-state index contributed by atoms with van der Waals surface area (Å²) < 4.78 is 18.3. The molecule has 38 heavy (non-hydrogen) atoms. The van der Waals surface area contributed by atoms with Gasteiger partial charge in [0.15, 0.2) is 5.82 Å². The van der Waals surface area contributed by atoms with Crippen LogP contribution in [-0.4, -0.2) is 44.3 Å². The van der Waals surface area contributed by atoms with E-state index in [1.807, 2.05) is 60.7 Å². The Kier molecular flexibility index (Phi) is 7.50. The molecule has 0 saturated carbocycles. The number of furan rings is 1. The lowest BCUT2D eigenvalue weighted by atomic mass is 10.1. The van der Waals surface area contributed by atoms with Crippen molar-refractivity contribution in [2.24, 2.45) is 0 Å². The van der Waals surface area contributed by atoms with Crippen molar-refractivity contribution in [1.29, 1.82) is 0 Å². The van der Waals surface area contributed by atoms with Crippen molar-refractivity contribution >= 4 is 10.9 Å². The van der Waals surface area contributed by atoms with Crippen LogP contribution in [0.25, 0.3) is 10.9 Å². The van der Waals surface area contributed by atoms with E-state index in [1.54, 1.807) is 25.2 Å². The Bertz CT molecular complexity index is 1560. The molecule has 0 radical (unpaired) electrons. The van der Waals surface area contributed by atoms with Crippen LogP contribution in [0.3, 0.4) is 0 Å². The van der Waals surface area contributed by atoms with Crippen LogP contribution < -0.4 is 15.0 Å². The van der Waals surface area contributed by atoms with Crippen molar-refractivity contribution in [2.75, 3.05) is 14.2 Å². The molecule has 0 bridgehead atoms. The quantitative estimate of drug-likeness (QED) is 0.277. The van der Waals surface area contributed by atoms with Crippen molar-refractivity contribution in [1.82, 2.24) is 30.1 Å². The van der Waals surface area contributed by atoms with Crippen LogP contribution in [0.15, 0.2) is 76.1 Å². The average molecular weight is 515 g/mol. The Morgan fingerprint density at radius 3 is 2.63 bits per heavy atom. The van der Waals surface area contributed by atoms with Crippen LogP contribution in [0.2, 0.25) is 0 Å². The van der Waals surface area contributed by atoms with E-state index < -0.39 is 0 Å². The number of pyridine rings is 1. The Labute approximate surface area is 219 Å². The second-order valence-corrected chi connectivity index (χ2v) is 8.99. The zero-order chi connectivity index (χ0) is 26.5. The second kappa shape index (κ2) is 11.3. The van der Waals surface area contributed by atoms with Crippen molar-refractivity contribution in [2.45, 2.75) is 39.0 Å². The summed E-state index contributed by atoms with van der Waals surface area (Å²) in [5.74, 6) is 2.95. The molecule has 1 N–H and O–H groups in total. The number of aromatic nitrogens is 5. The third-order valence-corrected chi connectivity index (χ3v) is 6.64. The van der Waals surface area contributed by atoms with E-state index in [0.29, 0.717) is 37.4 Å². The summed E-state index contributed by atoms with van der Waals surface area (Å²) in [5, 5.41) is 13.5. The largest absolute Gasteiger partial charge is 0.497 e. The van der Waals surface area contributed by atoms with E-state index in [0.717, 1.165) is 33.7 Å². The molecular weight excluding hydrogens is 484 g/mol. The minimum absolute atomic E-state index is 0.141. The maximum atomic E-state index is 13.2. The summed E-state index contributed by atoms with van der Waals surface area (Å²) in [6.45, 7) is 3.38. The van der Waals surface area contributed by atoms with Gasteiger partial charge in [-0.15, -0.1) is 5.10 Å². The van der Waals surface area contributed by atoms with Gasteiger partial charge in [-0.3, -0.25) is 9.69 Å². The number of H-pyrrole nitrogens is 1. The number of benzene rings is 2. The van der Waals surface area contributed by atoms with Crippen LogP contribution in [0.5, 0.6) is 11.5 Å². The maximum absolute atomic E-state index is 13.2. The molecule has 5 aromatic rings. The third-order valence-electron chi connectivity index (χ3n) is 6.64. The molecule has 0 aliphatic heterocycles. The number of fused-ring (bicyclic) bond motifs is 1. The summed E-state index contributed by atoms with van der Waals surface area (Å²) in [6, 6.07) is 18.9. The van der Waals surface area contributed by atoms with Gasteiger partial charge >= 0.3 is 0 Å². The molecule has 0 unspecified atom stereocenters. The monoisotopic (exact) mass is 514 g/mol. The molecule has 3 heterocycles. The van der Waals surface area contributed by atoms with Gasteiger partial charge in [-0.05, 0) is 59.3 Å². The molecule has 10 heteroatoms. The molecule has 196 valence electrons. The first-order chi connectivity index (χ1) is 18.6. The van der Waals surface area contributed by atoms with Crippen molar-refractivity contribution < 1.29 is 13.9 Å². The molecule has 0 saturated heterocycles. The van der Waals surface area contributed by atoms with Crippen molar-refractivity contribution in [3.63, 3.8) is 0 Å². The van der Waals surface area contributed by atoms with Crippen molar-refractivity contribution in [3.8, 4) is 11.5 Å². The van der Waals surface area contributed by atoms with Gasteiger partial charge in [-0.2, -0.15) is 0 Å². The first-order valence-corrected chi connectivity index (χ1v) is 12.4. The first kappa shape index (κ1) is 25.2. The fraction of sp³-hybridized carbons (Fsp3) is 0.286. The molecular formula is C28H30N6O4. The van der Waals surface area contributed by atoms with Crippen LogP contribution in [0, 0.1) is 0 Å². The summed E-state index contributed by atoms with van der Waals surface area (Å²) in [7, 11) is 3.29. The molecule has 0 aliphatic carbocycles. The van der Waals surface area contributed by atoms with Gasteiger partial charge in [-0.25, -0.2) is 4.68 Å². The van der Waals surface area contributed by atoms with E-state index in [1.165, 1.54) is 0 Å². The van der Waals surface area contributed by atoms with Gasteiger partial charge in [0.2, 0.25) is 0 Å². The predicted molar refractivity (Wildman–Crippen MR) is 142 cm³/mol. The van der Waals surface area contributed by atoms with Gasteiger partial charge in [0.05, 0.1) is 26.5 Å². The zero-order valence-corrected chi connectivity index (χ0v) is 21.6. The molecule has 2 aromatic carbocycles. The van der Waals surface area contributed by atoms with E-state index in [2.05, 4.69) is 32.3 Å². The fourth-order valence-corrected chi connectivity index (χ4v) is 4.74. The molecule has 10 nitrogen and oxygen atoms in total.